The van der Waals surface area contributed by atoms with Crippen molar-refractivity contribution in [3.8, 4) is 0 Å². The van der Waals surface area contributed by atoms with Crippen LogP contribution in [-0.2, 0) is 39.4 Å². The normalized spacial score (nSPS) is 18.3. The number of ether oxygens (including phenoxy) is 4. The van der Waals surface area contributed by atoms with Gasteiger partial charge in [-0.3, -0.25) is 0 Å². The average molecular weight is 979 g/mol. The Labute approximate surface area is 392 Å². The molecule has 2 spiro atoms. The van der Waals surface area contributed by atoms with E-state index in [1.807, 2.05) is 33.0 Å². The third kappa shape index (κ3) is 12.7. The van der Waals surface area contributed by atoms with Crippen LogP contribution in [0.4, 0.5) is 26.0 Å². The van der Waals surface area contributed by atoms with Gasteiger partial charge in [0.25, 0.3) is 20.4 Å². The number of piperazine rings is 2. The van der Waals surface area contributed by atoms with E-state index in [4.69, 9.17) is 14.2 Å². The van der Waals surface area contributed by atoms with Gasteiger partial charge in [-0.1, -0.05) is 7.43 Å². The average Bonchev–Trinajstić information content (AvgIpc) is 4.01. The number of aromatic amines is 1. The van der Waals surface area contributed by atoms with E-state index in [-0.39, 0.29) is 13.0 Å². The number of hydrogen-bond donors (Lipinski definition) is 3. The van der Waals surface area contributed by atoms with Crippen LogP contribution in [0.25, 0.3) is 22.1 Å². The van der Waals surface area contributed by atoms with Crippen LogP contribution < -0.4 is 19.2 Å². The molecule has 0 aromatic carbocycles. The molecule has 0 amide bonds. The molecule has 372 valence electrons. The first kappa shape index (κ1) is 52.8. The number of anilines is 2. The number of aromatic nitrogens is 6. The number of H-pyrrole nitrogens is 1. The summed E-state index contributed by atoms with van der Waals surface area (Å²) in [4.78, 5) is 59.2. The fourth-order valence-electron chi connectivity index (χ4n) is 7.73. The molecule has 2 aliphatic carbocycles. The van der Waals surface area contributed by atoms with E-state index in [1.165, 1.54) is 25.0 Å². The van der Waals surface area contributed by atoms with E-state index < -0.39 is 61.2 Å². The zero-order valence-corrected chi connectivity index (χ0v) is 41.0. The lowest BCUT2D eigenvalue weighted by molar-refractivity contribution is -0.0294. The van der Waals surface area contributed by atoms with Crippen LogP contribution in [0.15, 0.2) is 37.2 Å². The van der Waals surface area contributed by atoms with Gasteiger partial charge in [0, 0.05) is 65.8 Å². The summed E-state index contributed by atoms with van der Waals surface area (Å²) in [7, 11) is -3.97. The lowest BCUT2D eigenvalue weighted by atomic mass is 10.2. The smallest absolute Gasteiger partial charge is 0.443 e. The maximum absolute atomic E-state index is 12.5. The Morgan fingerprint density at radius 1 is 0.642 bits per heavy atom. The number of fused-ring (bicyclic) bond motifs is 2. The SMILES string of the molecule is C.CC(C)(C)OC(=O)OC(=O)OC(C)(C)C.CNS(=O)(=O)N1CCN(c2ncnc3[nH]ccc23)CC12CC2.CNS(=O)(=O)N1CCN(c2ncnc3c2ccn3C(=O)OC(C)(C)C)CC12CC2. The van der Waals surface area contributed by atoms with Crippen LogP contribution >= 0.6 is 0 Å². The van der Waals surface area contributed by atoms with E-state index in [1.54, 1.807) is 68.7 Å². The second-order valence-corrected chi connectivity index (χ2v) is 23.0. The van der Waals surface area contributed by atoms with Crippen LogP contribution in [-0.4, -0.2) is 155 Å². The lowest BCUT2D eigenvalue weighted by Crippen LogP contribution is -2.59. The molecule has 6 heterocycles. The highest BCUT2D eigenvalue weighted by molar-refractivity contribution is 7.87. The Kier molecular flexibility index (Phi) is 15.3. The molecule has 0 bridgehead atoms. The van der Waals surface area contributed by atoms with Crippen molar-refractivity contribution < 1.29 is 50.2 Å². The Hall–Kier alpha value is -5.21. The highest BCUT2D eigenvalue weighted by Crippen LogP contribution is 2.47. The molecule has 4 aliphatic rings. The molecule has 4 aromatic rings. The molecule has 2 aliphatic heterocycles. The second kappa shape index (κ2) is 19.4. The van der Waals surface area contributed by atoms with Crippen LogP contribution in [0.3, 0.4) is 0 Å². The van der Waals surface area contributed by atoms with E-state index in [0.717, 1.165) is 47.9 Å². The maximum atomic E-state index is 12.5. The molecule has 4 fully saturated rings. The summed E-state index contributed by atoms with van der Waals surface area (Å²) in [5, 5.41) is 1.71. The summed E-state index contributed by atoms with van der Waals surface area (Å²) in [6.07, 6.45) is 7.25. The van der Waals surface area contributed by atoms with Gasteiger partial charge in [-0.25, -0.2) is 48.3 Å². The predicted molar refractivity (Wildman–Crippen MR) is 251 cm³/mol. The molecule has 0 radical (unpaired) electrons. The summed E-state index contributed by atoms with van der Waals surface area (Å²) < 4.78 is 77.8. The van der Waals surface area contributed by atoms with E-state index >= 15 is 0 Å². The van der Waals surface area contributed by atoms with Gasteiger partial charge < -0.3 is 33.7 Å². The summed E-state index contributed by atoms with van der Waals surface area (Å²) in [5.74, 6) is 1.57. The third-order valence-electron chi connectivity index (χ3n) is 10.9. The highest BCUT2D eigenvalue weighted by atomic mass is 32.2. The fraction of sp³-hybridized carbons (Fsp3) is 0.643. The summed E-state index contributed by atoms with van der Waals surface area (Å²) >= 11 is 0. The number of nitrogens with one attached hydrogen (secondary N) is 3. The van der Waals surface area contributed by atoms with Crippen LogP contribution in [0.5, 0.6) is 0 Å². The van der Waals surface area contributed by atoms with Crippen molar-refractivity contribution in [2.24, 2.45) is 0 Å². The van der Waals surface area contributed by atoms with Crippen molar-refractivity contribution in [2.45, 2.75) is 123 Å². The standard InChI is InChI=1S/C18H26N6O4S.C13H18N6O2S.C10H18O5.CH4/c1-17(2,3)28-16(25)23-8-5-13-14(20-12-21-15(13)23)22-9-10-24(29(26,27)19-4)18(11-22)6-7-18;1-14-22(20,21)19-7-6-18(8-13(19)3-4-13)12-10-2-5-15-11(10)16-9-17-12;1-9(2,3)14-7(11)13-8(12)15-10(4,5)6;/h5,8,12,19H,6-7,9-11H2,1-4H3;2,5,9,14H,3-4,6-8H2,1H3,(H,15,16,17);1-6H3;1H4. The molecule has 0 unspecified atom stereocenters. The fourth-order valence-corrected chi connectivity index (χ4v) is 10.3. The van der Waals surface area contributed by atoms with Crippen LogP contribution in [0.1, 0.15) is 95.4 Å². The van der Waals surface area contributed by atoms with E-state index in [2.05, 4.69) is 48.9 Å². The van der Waals surface area contributed by atoms with Crippen LogP contribution in [0.2, 0.25) is 0 Å². The molecule has 2 saturated heterocycles. The summed E-state index contributed by atoms with van der Waals surface area (Å²) in [6, 6.07) is 3.76. The predicted octanol–water partition coefficient (Wildman–Crippen LogP) is 4.92. The molecule has 23 nitrogen and oxygen atoms in total. The van der Waals surface area contributed by atoms with Gasteiger partial charge in [0.05, 0.1) is 21.9 Å². The van der Waals surface area contributed by atoms with Gasteiger partial charge in [0.2, 0.25) is 0 Å². The second-order valence-electron chi connectivity index (χ2n) is 19.4. The summed E-state index contributed by atoms with van der Waals surface area (Å²) in [5.41, 5.74) is -1.41. The lowest BCUT2D eigenvalue weighted by Gasteiger charge is -2.41. The molecule has 25 heteroatoms. The highest BCUT2D eigenvalue weighted by Gasteiger charge is 2.57. The maximum Gasteiger partial charge on any atom is 0.519 e. The Morgan fingerprint density at radius 3 is 1.52 bits per heavy atom. The van der Waals surface area contributed by atoms with Crippen molar-refractivity contribution >= 4 is 72.5 Å². The molecule has 0 atom stereocenters. The van der Waals surface area contributed by atoms with Crippen molar-refractivity contribution in [3.63, 3.8) is 0 Å². The monoisotopic (exact) mass is 978 g/mol. The first-order valence-corrected chi connectivity index (χ1v) is 24.4. The van der Waals surface area contributed by atoms with Gasteiger partial charge >= 0.3 is 18.4 Å². The molecule has 2 saturated carbocycles. The molecule has 8 rings (SSSR count). The van der Waals surface area contributed by atoms with Gasteiger partial charge in [-0.05, 0) is 100 Å². The zero-order chi connectivity index (χ0) is 48.7. The molecular weight excluding hydrogens is 913 g/mol. The van der Waals surface area contributed by atoms with Crippen LogP contribution in [0, 0.1) is 0 Å². The van der Waals surface area contributed by atoms with Crippen molar-refractivity contribution in [1.82, 2.24) is 47.5 Å². The number of nitrogens with zero attached hydrogens (tertiary/aromatic N) is 9. The van der Waals surface area contributed by atoms with Crippen molar-refractivity contribution in [1.29, 1.82) is 0 Å². The van der Waals surface area contributed by atoms with Gasteiger partial charge in [0.1, 0.15) is 46.7 Å². The Bertz CT molecular complexity index is 2620. The summed E-state index contributed by atoms with van der Waals surface area (Å²) in [6.45, 7) is 18.7. The molecule has 3 N–H and O–H groups in total. The minimum Gasteiger partial charge on any atom is -0.443 e. The Morgan fingerprint density at radius 2 is 1.09 bits per heavy atom. The molecular formula is C42H66N12O11S2. The minimum atomic E-state index is -3.48. The molecule has 67 heavy (non-hydrogen) atoms. The van der Waals surface area contributed by atoms with Gasteiger partial charge in [0.15, 0.2) is 5.65 Å². The van der Waals surface area contributed by atoms with Crippen molar-refractivity contribution in [3.05, 3.63) is 37.2 Å². The van der Waals surface area contributed by atoms with Gasteiger partial charge in [-0.15, -0.1) is 0 Å². The quantitative estimate of drug-likeness (QED) is 0.131. The molecule has 4 aromatic heterocycles. The number of hydrogen-bond acceptors (Lipinski definition) is 17. The largest absolute Gasteiger partial charge is 0.519 e. The number of rotatable bonds is 6. The minimum absolute atomic E-state index is 0. The Balaban J connectivity index is 0.000000197. The number of carbonyl (C=O) groups is 3. The van der Waals surface area contributed by atoms with Gasteiger partial charge in [-0.2, -0.15) is 25.4 Å². The van der Waals surface area contributed by atoms with Crippen molar-refractivity contribution in [2.75, 3.05) is 63.2 Å². The first-order valence-electron chi connectivity index (χ1n) is 21.5. The topological polar surface area (TPSA) is 266 Å². The first-order chi connectivity index (χ1) is 30.6. The number of carbonyl (C=O) groups excluding carboxylic acids is 3. The van der Waals surface area contributed by atoms with E-state index in [9.17, 15) is 31.2 Å². The van der Waals surface area contributed by atoms with E-state index in [0.29, 0.717) is 50.7 Å². The zero-order valence-electron chi connectivity index (χ0n) is 39.4. The third-order valence-corrected chi connectivity index (χ3v) is 14.2.